The molecule has 1 atom stereocenters. The summed E-state index contributed by atoms with van der Waals surface area (Å²) in [6.45, 7) is 7.34. The zero-order valence-corrected chi connectivity index (χ0v) is 10.1. The molecule has 0 aliphatic heterocycles. The number of hydrogen-bond acceptors (Lipinski definition) is 3. The fourth-order valence-electron chi connectivity index (χ4n) is 1.71. The van der Waals surface area contributed by atoms with Gasteiger partial charge in [0.05, 0.1) is 5.01 Å². The molecular weight excluding hydrogens is 192 g/mol. The summed E-state index contributed by atoms with van der Waals surface area (Å²) < 4.78 is 0. The van der Waals surface area contributed by atoms with Crippen LogP contribution >= 0.6 is 11.3 Å². The van der Waals surface area contributed by atoms with Gasteiger partial charge in [-0.15, -0.1) is 11.3 Å². The highest BCUT2D eigenvalue weighted by Gasteiger charge is 2.11. The van der Waals surface area contributed by atoms with E-state index >= 15 is 0 Å². The van der Waals surface area contributed by atoms with Gasteiger partial charge in [0.25, 0.3) is 0 Å². The lowest BCUT2D eigenvalue weighted by Crippen LogP contribution is -2.18. The maximum Gasteiger partial charge on any atom is 0.0896 e. The monoisotopic (exact) mass is 212 g/mol. The van der Waals surface area contributed by atoms with Crippen molar-refractivity contribution in [3.8, 4) is 0 Å². The van der Waals surface area contributed by atoms with Crippen LogP contribution in [0.3, 0.4) is 0 Å². The highest BCUT2D eigenvalue weighted by molar-refractivity contribution is 7.11. The van der Waals surface area contributed by atoms with E-state index in [0.29, 0.717) is 5.92 Å². The molecular formula is C11H20N2S. The van der Waals surface area contributed by atoms with Crippen LogP contribution < -0.4 is 5.73 Å². The molecule has 1 heterocycles. The highest BCUT2D eigenvalue weighted by Crippen LogP contribution is 2.20. The molecule has 0 fully saturated rings. The minimum atomic E-state index is 0.620. The smallest absolute Gasteiger partial charge is 0.0896 e. The van der Waals surface area contributed by atoms with E-state index in [1.807, 2.05) is 13.1 Å². The number of thiazole rings is 1. The second-order valence-corrected chi connectivity index (χ2v) is 5.60. The number of aryl methyl sites for hydroxylation is 1. The van der Waals surface area contributed by atoms with E-state index in [1.54, 1.807) is 11.3 Å². The maximum absolute atomic E-state index is 5.76. The van der Waals surface area contributed by atoms with Crippen molar-refractivity contribution in [3.63, 3.8) is 0 Å². The van der Waals surface area contributed by atoms with Gasteiger partial charge in [0.15, 0.2) is 0 Å². The number of rotatable bonds is 5. The van der Waals surface area contributed by atoms with E-state index in [1.165, 1.54) is 11.3 Å². The first-order valence-corrected chi connectivity index (χ1v) is 6.04. The Labute approximate surface area is 90.6 Å². The predicted molar refractivity (Wildman–Crippen MR) is 62.6 cm³/mol. The first-order valence-electron chi connectivity index (χ1n) is 5.23. The quantitative estimate of drug-likeness (QED) is 0.815. The Kier molecular flexibility index (Phi) is 4.55. The molecule has 80 valence electrons. The van der Waals surface area contributed by atoms with Crippen molar-refractivity contribution in [2.75, 3.05) is 6.54 Å². The van der Waals surface area contributed by atoms with Gasteiger partial charge in [-0.1, -0.05) is 13.8 Å². The Morgan fingerprint density at radius 2 is 2.21 bits per heavy atom. The van der Waals surface area contributed by atoms with Crippen molar-refractivity contribution in [1.29, 1.82) is 0 Å². The van der Waals surface area contributed by atoms with Gasteiger partial charge in [-0.3, -0.25) is 0 Å². The Morgan fingerprint density at radius 1 is 1.50 bits per heavy atom. The number of aromatic nitrogens is 1. The van der Waals surface area contributed by atoms with Crippen LogP contribution in [0.4, 0.5) is 0 Å². The van der Waals surface area contributed by atoms with Crippen LogP contribution in [-0.2, 0) is 6.42 Å². The molecule has 14 heavy (non-hydrogen) atoms. The average molecular weight is 212 g/mol. The van der Waals surface area contributed by atoms with Crippen molar-refractivity contribution in [1.82, 2.24) is 4.98 Å². The van der Waals surface area contributed by atoms with Crippen LogP contribution in [0.1, 0.15) is 30.2 Å². The molecule has 1 rings (SSSR count). The van der Waals surface area contributed by atoms with Crippen LogP contribution in [-0.4, -0.2) is 11.5 Å². The molecule has 0 amide bonds. The van der Waals surface area contributed by atoms with E-state index in [-0.39, 0.29) is 0 Å². The zero-order chi connectivity index (χ0) is 10.6. The SMILES string of the molecule is Cc1ncc(CC(CN)CC(C)C)s1. The van der Waals surface area contributed by atoms with Gasteiger partial charge in [0.2, 0.25) is 0 Å². The molecule has 2 N–H and O–H groups in total. The Bertz CT molecular complexity index is 268. The fourth-order valence-corrected chi connectivity index (χ4v) is 2.62. The number of nitrogens with two attached hydrogens (primary N) is 1. The van der Waals surface area contributed by atoms with E-state index in [0.717, 1.165) is 23.9 Å². The highest BCUT2D eigenvalue weighted by atomic mass is 32.1. The number of hydrogen-bond donors (Lipinski definition) is 1. The molecule has 1 aromatic heterocycles. The van der Waals surface area contributed by atoms with Gasteiger partial charge >= 0.3 is 0 Å². The second kappa shape index (κ2) is 5.47. The predicted octanol–water partition coefficient (Wildman–Crippen LogP) is 2.62. The molecule has 1 aromatic rings. The molecule has 0 saturated heterocycles. The Balaban J connectivity index is 2.48. The lowest BCUT2D eigenvalue weighted by Gasteiger charge is -2.15. The molecule has 0 aliphatic rings. The first kappa shape index (κ1) is 11.7. The first-order chi connectivity index (χ1) is 6.61. The molecule has 0 radical (unpaired) electrons. The summed E-state index contributed by atoms with van der Waals surface area (Å²) in [6.07, 6.45) is 4.30. The van der Waals surface area contributed by atoms with Crippen LogP contribution in [0.2, 0.25) is 0 Å². The van der Waals surface area contributed by atoms with Crippen LogP contribution in [0, 0.1) is 18.8 Å². The molecule has 2 nitrogen and oxygen atoms in total. The molecule has 0 aliphatic carbocycles. The van der Waals surface area contributed by atoms with Gasteiger partial charge in [-0.25, -0.2) is 4.98 Å². The molecule has 0 saturated carbocycles. The summed E-state index contributed by atoms with van der Waals surface area (Å²) >= 11 is 1.79. The van der Waals surface area contributed by atoms with E-state index in [9.17, 15) is 0 Å². The van der Waals surface area contributed by atoms with E-state index < -0.39 is 0 Å². The number of nitrogens with zero attached hydrogens (tertiary/aromatic N) is 1. The molecule has 0 spiro atoms. The lowest BCUT2D eigenvalue weighted by atomic mass is 9.94. The van der Waals surface area contributed by atoms with Gasteiger partial charge < -0.3 is 5.73 Å². The Morgan fingerprint density at radius 3 is 2.64 bits per heavy atom. The van der Waals surface area contributed by atoms with Crippen molar-refractivity contribution in [3.05, 3.63) is 16.1 Å². The molecule has 1 unspecified atom stereocenters. The summed E-state index contributed by atoms with van der Waals surface area (Å²) in [4.78, 5) is 5.63. The van der Waals surface area contributed by atoms with Crippen molar-refractivity contribution in [2.45, 2.75) is 33.6 Å². The zero-order valence-electron chi connectivity index (χ0n) is 9.29. The van der Waals surface area contributed by atoms with Crippen LogP contribution in [0.5, 0.6) is 0 Å². The van der Waals surface area contributed by atoms with Gasteiger partial charge in [-0.2, -0.15) is 0 Å². The molecule has 0 aromatic carbocycles. The van der Waals surface area contributed by atoms with Crippen molar-refractivity contribution >= 4 is 11.3 Å². The summed E-state index contributed by atoms with van der Waals surface area (Å²) in [5.74, 6) is 1.35. The van der Waals surface area contributed by atoms with Crippen LogP contribution in [0.25, 0.3) is 0 Å². The standard InChI is InChI=1S/C11H20N2S/c1-8(2)4-10(6-12)5-11-7-13-9(3)14-11/h7-8,10H,4-6,12H2,1-3H3. The summed E-state index contributed by atoms with van der Waals surface area (Å²) in [5, 5.41) is 1.15. The average Bonchev–Trinajstić information content (AvgIpc) is 2.49. The van der Waals surface area contributed by atoms with Crippen molar-refractivity contribution in [2.24, 2.45) is 17.6 Å². The summed E-state index contributed by atoms with van der Waals surface area (Å²) in [5.41, 5.74) is 5.76. The molecule has 0 bridgehead atoms. The minimum absolute atomic E-state index is 0.620. The van der Waals surface area contributed by atoms with Gasteiger partial charge in [0, 0.05) is 11.1 Å². The van der Waals surface area contributed by atoms with E-state index in [4.69, 9.17) is 5.73 Å². The Hall–Kier alpha value is -0.410. The lowest BCUT2D eigenvalue weighted by molar-refractivity contribution is 0.417. The van der Waals surface area contributed by atoms with Gasteiger partial charge in [0.1, 0.15) is 0 Å². The summed E-state index contributed by atoms with van der Waals surface area (Å²) in [7, 11) is 0. The fraction of sp³-hybridized carbons (Fsp3) is 0.727. The van der Waals surface area contributed by atoms with Gasteiger partial charge in [-0.05, 0) is 38.1 Å². The second-order valence-electron chi connectivity index (χ2n) is 4.28. The third kappa shape index (κ3) is 3.76. The molecule has 3 heteroatoms. The maximum atomic E-state index is 5.76. The third-order valence-corrected chi connectivity index (χ3v) is 3.23. The van der Waals surface area contributed by atoms with Crippen molar-refractivity contribution < 1.29 is 0 Å². The normalized spacial score (nSPS) is 13.5. The van der Waals surface area contributed by atoms with Crippen LogP contribution in [0.15, 0.2) is 6.20 Å². The minimum Gasteiger partial charge on any atom is -0.330 e. The third-order valence-electron chi connectivity index (χ3n) is 2.30. The summed E-state index contributed by atoms with van der Waals surface area (Å²) in [6, 6.07) is 0. The largest absolute Gasteiger partial charge is 0.330 e. The van der Waals surface area contributed by atoms with E-state index in [2.05, 4.69) is 18.8 Å². The topological polar surface area (TPSA) is 38.9 Å².